The summed E-state index contributed by atoms with van der Waals surface area (Å²) >= 11 is 1.28. The van der Waals surface area contributed by atoms with Crippen LogP contribution in [0.15, 0.2) is 59.0 Å². The summed E-state index contributed by atoms with van der Waals surface area (Å²) < 4.78 is 39.4. The summed E-state index contributed by atoms with van der Waals surface area (Å²) in [6.45, 7) is 0. The molecule has 0 unspecified atom stereocenters. The van der Waals surface area contributed by atoms with Gasteiger partial charge in [-0.05, 0) is 30.5 Å². The van der Waals surface area contributed by atoms with Gasteiger partial charge in [0.1, 0.15) is 11.5 Å². The number of halogens is 3. The molecule has 1 aliphatic rings. The maximum absolute atomic E-state index is 13.1. The zero-order valence-electron chi connectivity index (χ0n) is 14.2. The Balaban J connectivity index is 1.82. The molecule has 0 amide bonds. The largest absolute Gasteiger partial charge is 0.433 e. The van der Waals surface area contributed by atoms with Crippen molar-refractivity contribution in [1.29, 1.82) is 5.41 Å². The number of rotatable bonds is 4. The molecule has 1 aromatic heterocycles. The van der Waals surface area contributed by atoms with Crippen LogP contribution in [0.5, 0.6) is 0 Å². The fraction of sp³-hybridized carbons (Fsp3) is 0.263. The number of thioether (sulfide) groups is 1. The number of allylic oxidation sites excluding steroid dienone is 3. The van der Waals surface area contributed by atoms with Crippen LogP contribution in [0.1, 0.15) is 18.5 Å². The average Bonchev–Trinajstić information content (AvgIpc) is 2.65. The first kappa shape index (κ1) is 18.5. The summed E-state index contributed by atoms with van der Waals surface area (Å²) in [6, 6.07) is 7.90. The van der Waals surface area contributed by atoms with Crippen molar-refractivity contribution in [3.63, 3.8) is 0 Å². The molecule has 0 spiro atoms. The summed E-state index contributed by atoms with van der Waals surface area (Å²) in [5.41, 5.74) is 0.366. The third-order valence-electron chi connectivity index (χ3n) is 4.08. The smallest absolute Gasteiger partial charge is 0.350 e. The number of benzene rings is 1. The van der Waals surface area contributed by atoms with E-state index in [1.165, 1.54) is 11.8 Å². The first-order valence-electron chi connectivity index (χ1n) is 8.12. The Bertz CT molecular complexity index is 887. The van der Waals surface area contributed by atoms with Gasteiger partial charge in [-0.3, -0.25) is 5.41 Å². The van der Waals surface area contributed by atoms with Crippen LogP contribution in [-0.2, 0) is 6.18 Å². The molecule has 0 fully saturated rings. The van der Waals surface area contributed by atoms with Crippen molar-refractivity contribution >= 4 is 28.5 Å². The summed E-state index contributed by atoms with van der Waals surface area (Å²) in [5.74, 6) is 0.779. The van der Waals surface area contributed by atoms with E-state index in [9.17, 15) is 13.2 Å². The Morgan fingerprint density at radius 1 is 1.31 bits per heavy atom. The van der Waals surface area contributed by atoms with E-state index >= 15 is 0 Å². The van der Waals surface area contributed by atoms with Crippen molar-refractivity contribution in [3.8, 4) is 0 Å². The van der Waals surface area contributed by atoms with Gasteiger partial charge >= 0.3 is 6.18 Å². The van der Waals surface area contributed by atoms with Crippen molar-refractivity contribution in [2.45, 2.75) is 23.9 Å². The summed E-state index contributed by atoms with van der Waals surface area (Å²) in [4.78, 5) is 5.99. The Morgan fingerprint density at radius 2 is 2.08 bits per heavy atom. The van der Waals surface area contributed by atoms with E-state index < -0.39 is 11.9 Å². The number of aromatic nitrogens is 1. The Labute approximate surface area is 154 Å². The van der Waals surface area contributed by atoms with Crippen LogP contribution in [-0.4, -0.2) is 28.6 Å². The van der Waals surface area contributed by atoms with Gasteiger partial charge in [0.05, 0.1) is 11.4 Å². The van der Waals surface area contributed by atoms with Gasteiger partial charge in [-0.1, -0.05) is 36.4 Å². The van der Waals surface area contributed by atoms with Crippen molar-refractivity contribution in [2.24, 2.45) is 0 Å². The summed E-state index contributed by atoms with van der Waals surface area (Å²) in [7, 11) is 1.78. The van der Waals surface area contributed by atoms with Crippen LogP contribution >= 0.6 is 11.8 Å². The normalized spacial score (nSPS) is 14.4. The minimum absolute atomic E-state index is 0.322. The third-order valence-corrected chi connectivity index (χ3v) is 5.25. The minimum Gasteiger partial charge on any atom is -0.350 e. The second kappa shape index (κ2) is 7.53. The molecule has 136 valence electrons. The fourth-order valence-corrected chi connectivity index (χ4v) is 3.67. The molecule has 1 heterocycles. The fourth-order valence-electron chi connectivity index (χ4n) is 2.68. The van der Waals surface area contributed by atoms with E-state index in [1.807, 2.05) is 18.2 Å². The van der Waals surface area contributed by atoms with Gasteiger partial charge in [0, 0.05) is 17.3 Å². The lowest BCUT2D eigenvalue weighted by Crippen LogP contribution is -2.27. The molecule has 1 aliphatic carbocycles. The van der Waals surface area contributed by atoms with E-state index in [1.54, 1.807) is 36.2 Å². The number of likely N-dealkylation sites (N-methyl/N-ethyl adjacent to an activating group) is 1. The molecular formula is C19H18F3N3S. The number of hydrogen-bond donors (Lipinski definition) is 1. The standard InChI is InChI=1S/C19H18F3N3S/c1-25(18(23)13-7-3-2-4-8-13)12-26-16-11-17(19(20,21)22)24-15-10-6-5-9-14(15)16/h2-3,5-7,9-11,23H,4,8,12H2,1H3. The predicted octanol–water partition coefficient (Wildman–Crippen LogP) is 5.49. The zero-order valence-corrected chi connectivity index (χ0v) is 15.0. The molecule has 3 rings (SSSR count). The highest BCUT2D eigenvalue weighted by Crippen LogP contribution is 2.35. The van der Waals surface area contributed by atoms with Crippen LogP contribution in [0.25, 0.3) is 10.9 Å². The minimum atomic E-state index is -4.49. The molecule has 1 aromatic carbocycles. The second-order valence-electron chi connectivity index (χ2n) is 6.00. The molecule has 0 saturated heterocycles. The number of pyridine rings is 1. The number of amidine groups is 1. The van der Waals surface area contributed by atoms with Gasteiger partial charge in [-0.2, -0.15) is 13.2 Å². The molecule has 0 aliphatic heterocycles. The highest BCUT2D eigenvalue weighted by molar-refractivity contribution is 7.99. The topological polar surface area (TPSA) is 40.0 Å². The van der Waals surface area contributed by atoms with Crippen molar-refractivity contribution in [2.75, 3.05) is 12.9 Å². The van der Waals surface area contributed by atoms with Gasteiger partial charge in [-0.25, -0.2) is 4.98 Å². The first-order valence-corrected chi connectivity index (χ1v) is 9.10. The second-order valence-corrected chi connectivity index (χ2v) is 6.99. The molecule has 26 heavy (non-hydrogen) atoms. The maximum atomic E-state index is 13.1. The molecule has 0 atom stereocenters. The number of alkyl halides is 3. The molecule has 2 aromatic rings. The summed E-state index contributed by atoms with van der Waals surface area (Å²) in [6.07, 6.45) is 3.11. The van der Waals surface area contributed by atoms with Gasteiger partial charge in [-0.15, -0.1) is 11.8 Å². The van der Waals surface area contributed by atoms with Crippen LogP contribution in [0.4, 0.5) is 13.2 Å². The van der Waals surface area contributed by atoms with E-state index in [4.69, 9.17) is 5.41 Å². The number of nitrogens with one attached hydrogen (secondary N) is 1. The molecule has 0 saturated carbocycles. The Hall–Kier alpha value is -2.28. The Kier molecular flexibility index (Phi) is 5.36. The lowest BCUT2D eigenvalue weighted by atomic mass is 10.0. The highest BCUT2D eigenvalue weighted by atomic mass is 32.2. The molecule has 3 nitrogen and oxygen atoms in total. The highest BCUT2D eigenvalue weighted by Gasteiger charge is 2.33. The number of fused-ring (bicyclic) bond motifs is 1. The SMILES string of the molecule is CN(CSc1cc(C(F)(F)F)nc2ccccc12)C(=N)C1=CC=CCC1. The van der Waals surface area contributed by atoms with Crippen molar-refractivity contribution in [1.82, 2.24) is 9.88 Å². The molecule has 7 heteroatoms. The monoisotopic (exact) mass is 377 g/mol. The van der Waals surface area contributed by atoms with Crippen molar-refractivity contribution < 1.29 is 13.2 Å². The van der Waals surface area contributed by atoms with Crippen LogP contribution in [0.2, 0.25) is 0 Å². The molecular weight excluding hydrogens is 359 g/mol. The van der Waals surface area contributed by atoms with Crippen LogP contribution in [0, 0.1) is 5.41 Å². The Morgan fingerprint density at radius 3 is 2.77 bits per heavy atom. The number of para-hydroxylation sites is 1. The van der Waals surface area contributed by atoms with E-state index in [0.717, 1.165) is 24.5 Å². The predicted molar refractivity (Wildman–Crippen MR) is 99.4 cm³/mol. The molecule has 1 N–H and O–H groups in total. The quantitative estimate of drug-likeness (QED) is 0.332. The van der Waals surface area contributed by atoms with Crippen LogP contribution in [0.3, 0.4) is 0 Å². The third kappa shape index (κ3) is 4.09. The van der Waals surface area contributed by atoms with Gasteiger partial charge in [0.15, 0.2) is 0 Å². The van der Waals surface area contributed by atoms with E-state index in [-0.39, 0.29) is 0 Å². The molecule has 0 bridgehead atoms. The summed E-state index contributed by atoms with van der Waals surface area (Å²) in [5, 5.41) is 8.96. The van der Waals surface area contributed by atoms with Crippen LogP contribution < -0.4 is 0 Å². The molecule has 0 radical (unpaired) electrons. The van der Waals surface area contributed by atoms with Gasteiger partial charge < -0.3 is 4.90 Å². The van der Waals surface area contributed by atoms with Gasteiger partial charge in [0.2, 0.25) is 0 Å². The van der Waals surface area contributed by atoms with Gasteiger partial charge in [0.25, 0.3) is 0 Å². The number of nitrogens with zero attached hydrogens (tertiary/aromatic N) is 2. The number of hydrogen-bond acceptors (Lipinski definition) is 3. The lowest BCUT2D eigenvalue weighted by molar-refractivity contribution is -0.141. The van der Waals surface area contributed by atoms with Crippen molar-refractivity contribution in [3.05, 3.63) is 59.8 Å². The maximum Gasteiger partial charge on any atom is 0.433 e. The zero-order chi connectivity index (χ0) is 18.7. The lowest BCUT2D eigenvalue weighted by Gasteiger charge is -2.22. The average molecular weight is 377 g/mol. The van der Waals surface area contributed by atoms with E-state index in [2.05, 4.69) is 4.98 Å². The first-order chi connectivity index (χ1) is 12.4. The van der Waals surface area contributed by atoms with E-state index in [0.29, 0.717) is 27.5 Å².